The van der Waals surface area contributed by atoms with E-state index in [0.29, 0.717) is 11.6 Å². The maximum atomic E-state index is 6.67. The number of nitrogens with zero attached hydrogens (tertiary/aromatic N) is 4. The molecule has 4 N–H and O–H groups in total. The third-order valence-electron chi connectivity index (χ3n) is 6.39. The number of nitrogens with two attached hydrogens (primary N) is 2. The van der Waals surface area contributed by atoms with E-state index in [4.69, 9.17) is 27.8 Å². The molecule has 2 aliphatic rings. The molecule has 2 aromatic heterocycles. The summed E-state index contributed by atoms with van der Waals surface area (Å²) in [5.74, 6) is 1.81. The molecule has 1 aromatic carbocycles. The topological polar surface area (TPSA) is 103 Å². The summed E-state index contributed by atoms with van der Waals surface area (Å²) in [5, 5.41) is 0.263. The van der Waals surface area contributed by atoms with Gasteiger partial charge in [0.1, 0.15) is 16.7 Å². The molecule has 30 heavy (non-hydrogen) atoms. The minimum Gasteiger partial charge on any atom is -0.436 e. The summed E-state index contributed by atoms with van der Waals surface area (Å²) in [5.41, 5.74) is 15.2. The zero-order chi connectivity index (χ0) is 20.7. The Balaban J connectivity index is 1.26. The molecule has 0 saturated carbocycles. The summed E-state index contributed by atoms with van der Waals surface area (Å²) in [6.07, 6.45) is 8.00. The van der Waals surface area contributed by atoms with Gasteiger partial charge in [-0.25, -0.2) is 15.0 Å². The number of fused-ring (bicyclic) bond motifs is 1. The first kappa shape index (κ1) is 19.1. The maximum Gasteiger partial charge on any atom is 0.238 e. The molecule has 0 bridgehead atoms. The Bertz CT molecular complexity index is 1070. The fourth-order valence-electron chi connectivity index (χ4n) is 4.64. The normalized spacial score (nSPS) is 19.7. The van der Waals surface area contributed by atoms with Crippen LogP contribution in [0.1, 0.15) is 30.0 Å². The van der Waals surface area contributed by atoms with Gasteiger partial charge in [0.2, 0.25) is 5.88 Å². The molecule has 0 radical (unpaired) electrons. The quantitative estimate of drug-likeness (QED) is 0.662. The van der Waals surface area contributed by atoms with Gasteiger partial charge in [0, 0.05) is 31.4 Å². The van der Waals surface area contributed by atoms with E-state index in [1.165, 1.54) is 17.3 Å². The third-order valence-corrected chi connectivity index (χ3v) is 6.77. The van der Waals surface area contributed by atoms with E-state index in [1.807, 2.05) is 0 Å². The van der Waals surface area contributed by atoms with Crippen LogP contribution in [0.2, 0.25) is 5.02 Å². The smallest absolute Gasteiger partial charge is 0.238 e. The first-order chi connectivity index (χ1) is 14.6. The number of halogens is 1. The van der Waals surface area contributed by atoms with Gasteiger partial charge in [0.25, 0.3) is 0 Å². The molecule has 1 fully saturated rings. The molecule has 1 aliphatic heterocycles. The van der Waals surface area contributed by atoms with E-state index in [0.717, 1.165) is 38.2 Å². The number of ether oxygens (including phenoxy) is 1. The molecular formula is C22H23ClN6O. The van der Waals surface area contributed by atoms with Gasteiger partial charge in [0.05, 0.1) is 12.4 Å². The lowest BCUT2D eigenvalue weighted by atomic mass is 9.73. The molecule has 3 heterocycles. The van der Waals surface area contributed by atoms with Crippen molar-refractivity contribution in [3.8, 4) is 11.6 Å². The van der Waals surface area contributed by atoms with Gasteiger partial charge in [0.15, 0.2) is 5.75 Å². The Labute approximate surface area is 180 Å². The summed E-state index contributed by atoms with van der Waals surface area (Å²) in [6, 6.07) is 10.3. The zero-order valence-corrected chi connectivity index (χ0v) is 17.2. The van der Waals surface area contributed by atoms with Crippen molar-refractivity contribution in [3.63, 3.8) is 0 Å². The average molecular weight is 423 g/mol. The molecule has 0 amide bonds. The largest absolute Gasteiger partial charge is 0.436 e. The Hall–Kier alpha value is -2.90. The fourth-order valence-corrected chi connectivity index (χ4v) is 4.80. The number of benzene rings is 1. The van der Waals surface area contributed by atoms with Crippen molar-refractivity contribution in [3.05, 3.63) is 65.1 Å². The van der Waals surface area contributed by atoms with Crippen LogP contribution in [0.5, 0.6) is 11.6 Å². The zero-order valence-electron chi connectivity index (χ0n) is 16.5. The van der Waals surface area contributed by atoms with Gasteiger partial charge >= 0.3 is 0 Å². The number of piperidine rings is 1. The monoisotopic (exact) mass is 422 g/mol. The van der Waals surface area contributed by atoms with Crippen LogP contribution in [0.3, 0.4) is 0 Å². The molecule has 8 heteroatoms. The predicted molar refractivity (Wildman–Crippen MR) is 117 cm³/mol. The molecule has 1 saturated heterocycles. The van der Waals surface area contributed by atoms with Gasteiger partial charge in [-0.2, -0.15) is 0 Å². The summed E-state index contributed by atoms with van der Waals surface area (Å²) in [4.78, 5) is 15.1. The van der Waals surface area contributed by atoms with Gasteiger partial charge in [-0.15, -0.1) is 0 Å². The lowest BCUT2D eigenvalue weighted by molar-refractivity contribution is 0.187. The van der Waals surface area contributed by atoms with Crippen LogP contribution < -0.4 is 21.1 Å². The summed E-state index contributed by atoms with van der Waals surface area (Å²) >= 11 is 6.12. The van der Waals surface area contributed by atoms with Crippen LogP contribution in [0, 0.1) is 5.41 Å². The molecule has 7 nitrogen and oxygen atoms in total. The molecule has 1 atom stereocenters. The highest BCUT2D eigenvalue weighted by molar-refractivity contribution is 6.34. The molecule has 1 aliphatic carbocycles. The van der Waals surface area contributed by atoms with Gasteiger partial charge in [-0.1, -0.05) is 35.9 Å². The standard InChI is InChI=1S/C22H23ClN6O/c23-19-16(5-8-26-21(19)25)30-18-13-27-17(12-28-18)29-9-6-22(7-10-29)11-14-3-1-2-4-15(14)20(22)24/h1-5,8,12-13,20H,6-7,9-11,24H2,(H2,25,26)/t20-/m1/s1. The van der Waals surface area contributed by atoms with Crippen molar-refractivity contribution in [1.29, 1.82) is 0 Å². The third kappa shape index (κ3) is 3.24. The Morgan fingerprint density at radius 3 is 2.60 bits per heavy atom. The van der Waals surface area contributed by atoms with Crippen molar-refractivity contribution >= 4 is 23.2 Å². The first-order valence-corrected chi connectivity index (χ1v) is 10.4. The van der Waals surface area contributed by atoms with E-state index in [1.54, 1.807) is 18.5 Å². The number of hydrogen-bond donors (Lipinski definition) is 2. The lowest BCUT2D eigenvalue weighted by Gasteiger charge is -2.42. The van der Waals surface area contributed by atoms with Crippen molar-refractivity contribution in [2.45, 2.75) is 25.3 Å². The predicted octanol–water partition coefficient (Wildman–Crippen LogP) is 3.74. The molecule has 3 aromatic rings. The number of rotatable bonds is 3. The summed E-state index contributed by atoms with van der Waals surface area (Å²) < 4.78 is 5.70. The second kappa shape index (κ2) is 7.41. The SMILES string of the molecule is Nc1nccc(Oc2cnc(N3CCC4(CC3)Cc3ccccc3[C@H]4N)cn2)c1Cl. The van der Waals surface area contributed by atoms with E-state index in [2.05, 4.69) is 44.1 Å². The van der Waals surface area contributed by atoms with Crippen LogP contribution in [-0.2, 0) is 6.42 Å². The molecule has 1 spiro atoms. The van der Waals surface area contributed by atoms with E-state index >= 15 is 0 Å². The molecule has 5 rings (SSSR count). The van der Waals surface area contributed by atoms with Gasteiger partial charge in [-0.05, 0) is 35.8 Å². The number of nitrogen functional groups attached to an aromatic ring is 1. The average Bonchev–Trinajstić information content (AvgIpc) is 3.04. The van der Waals surface area contributed by atoms with E-state index in [9.17, 15) is 0 Å². The van der Waals surface area contributed by atoms with E-state index < -0.39 is 0 Å². The number of aromatic nitrogens is 3. The highest BCUT2D eigenvalue weighted by Gasteiger charge is 2.45. The minimum atomic E-state index is 0.107. The van der Waals surface area contributed by atoms with Crippen molar-refractivity contribution < 1.29 is 4.74 Å². The minimum absolute atomic E-state index is 0.107. The molecular weight excluding hydrogens is 400 g/mol. The number of pyridine rings is 1. The second-order valence-electron chi connectivity index (χ2n) is 8.03. The second-order valence-corrected chi connectivity index (χ2v) is 8.40. The highest BCUT2D eigenvalue weighted by atomic mass is 35.5. The van der Waals surface area contributed by atoms with Crippen molar-refractivity contribution in [2.24, 2.45) is 11.1 Å². The Morgan fingerprint density at radius 1 is 1.07 bits per heavy atom. The fraction of sp³-hybridized carbons (Fsp3) is 0.318. The van der Waals surface area contributed by atoms with Crippen LogP contribution >= 0.6 is 11.6 Å². The Morgan fingerprint density at radius 2 is 1.87 bits per heavy atom. The number of hydrogen-bond acceptors (Lipinski definition) is 7. The summed E-state index contributed by atoms with van der Waals surface area (Å²) in [6.45, 7) is 1.81. The van der Waals surface area contributed by atoms with Crippen molar-refractivity contribution in [1.82, 2.24) is 15.0 Å². The summed E-state index contributed by atoms with van der Waals surface area (Å²) in [7, 11) is 0. The number of anilines is 2. The maximum absolute atomic E-state index is 6.67. The van der Waals surface area contributed by atoms with Gasteiger partial charge < -0.3 is 21.1 Å². The van der Waals surface area contributed by atoms with Gasteiger partial charge in [-0.3, -0.25) is 0 Å². The lowest BCUT2D eigenvalue weighted by Crippen LogP contribution is -2.44. The van der Waals surface area contributed by atoms with Crippen molar-refractivity contribution in [2.75, 3.05) is 23.7 Å². The van der Waals surface area contributed by atoms with E-state index in [-0.39, 0.29) is 22.3 Å². The first-order valence-electron chi connectivity index (χ1n) is 10.0. The molecule has 0 unspecified atom stereocenters. The Kier molecular flexibility index (Phi) is 4.72. The van der Waals surface area contributed by atoms with Crippen LogP contribution in [0.15, 0.2) is 48.9 Å². The van der Waals surface area contributed by atoms with Crippen LogP contribution in [0.4, 0.5) is 11.6 Å². The van der Waals surface area contributed by atoms with Crippen LogP contribution in [0.25, 0.3) is 0 Å². The molecule has 154 valence electrons. The highest BCUT2D eigenvalue weighted by Crippen LogP contribution is 2.50. The van der Waals surface area contributed by atoms with Crippen LogP contribution in [-0.4, -0.2) is 28.0 Å².